The molecule has 1 aromatic carbocycles. The molecule has 3 rings (SSSR count). The van der Waals surface area contributed by atoms with Crippen LogP contribution >= 0.6 is 22.9 Å². The van der Waals surface area contributed by atoms with Gasteiger partial charge in [0.25, 0.3) is 11.8 Å². The van der Waals surface area contributed by atoms with E-state index >= 15 is 0 Å². The van der Waals surface area contributed by atoms with Crippen LogP contribution in [-0.2, 0) is 0 Å². The highest BCUT2D eigenvalue weighted by atomic mass is 35.5. The normalized spacial score (nSPS) is 15.2. The minimum absolute atomic E-state index is 0.0217. The molecule has 132 valence electrons. The molecule has 2 amide bonds. The van der Waals surface area contributed by atoms with Gasteiger partial charge in [-0.2, -0.15) is 0 Å². The van der Waals surface area contributed by atoms with Crippen LogP contribution in [0.3, 0.4) is 0 Å². The number of thiophene rings is 1. The van der Waals surface area contributed by atoms with Gasteiger partial charge in [-0.1, -0.05) is 17.7 Å². The summed E-state index contributed by atoms with van der Waals surface area (Å²) < 4.78 is 0. The van der Waals surface area contributed by atoms with Gasteiger partial charge in [0.1, 0.15) is 0 Å². The molecule has 1 fully saturated rings. The van der Waals surface area contributed by atoms with Crippen LogP contribution in [0.2, 0.25) is 5.02 Å². The molecule has 0 spiro atoms. The summed E-state index contributed by atoms with van der Waals surface area (Å²) in [5.74, 6) is 0.0221. The Bertz CT molecular complexity index is 710. The number of amides is 2. The number of benzene rings is 1. The molecule has 0 aliphatic carbocycles. The minimum atomic E-state index is -0.0217. The van der Waals surface area contributed by atoms with Crippen molar-refractivity contribution in [2.75, 3.05) is 39.3 Å². The van der Waals surface area contributed by atoms with Crippen LogP contribution in [0.1, 0.15) is 20.0 Å². The lowest BCUT2D eigenvalue weighted by atomic mass is 10.2. The summed E-state index contributed by atoms with van der Waals surface area (Å²) in [5, 5.41) is 5.46. The van der Waals surface area contributed by atoms with Crippen molar-refractivity contribution in [3.05, 3.63) is 57.2 Å². The van der Waals surface area contributed by atoms with E-state index in [0.717, 1.165) is 24.5 Å². The van der Waals surface area contributed by atoms with Gasteiger partial charge in [0.2, 0.25) is 0 Å². The Labute approximate surface area is 156 Å². The van der Waals surface area contributed by atoms with Crippen molar-refractivity contribution in [2.45, 2.75) is 0 Å². The lowest BCUT2D eigenvalue weighted by molar-refractivity contribution is 0.0638. The van der Waals surface area contributed by atoms with Crippen molar-refractivity contribution in [1.29, 1.82) is 0 Å². The first-order valence-corrected chi connectivity index (χ1v) is 9.48. The molecule has 1 aromatic heterocycles. The first-order chi connectivity index (χ1) is 12.1. The van der Waals surface area contributed by atoms with E-state index in [1.54, 1.807) is 24.3 Å². The van der Waals surface area contributed by atoms with Crippen LogP contribution < -0.4 is 5.32 Å². The van der Waals surface area contributed by atoms with E-state index in [-0.39, 0.29) is 11.8 Å². The van der Waals surface area contributed by atoms with Crippen LogP contribution in [0.25, 0.3) is 0 Å². The molecular formula is C18H20ClN3O2S. The Morgan fingerprint density at radius 2 is 1.80 bits per heavy atom. The molecule has 5 nitrogen and oxygen atoms in total. The van der Waals surface area contributed by atoms with Crippen LogP contribution in [-0.4, -0.2) is 60.9 Å². The van der Waals surface area contributed by atoms with E-state index in [4.69, 9.17) is 11.6 Å². The second-order valence-electron chi connectivity index (χ2n) is 5.87. The van der Waals surface area contributed by atoms with Gasteiger partial charge in [-0.3, -0.25) is 14.5 Å². The predicted octanol–water partition coefficient (Wildman–Crippen LogP) is 2.59. The lowest BCUT2D eigenvalue weighted by Gasteiger charge is -2.34. The van der Waals surface area contributed by atoms with Gasteiger partial charge in [-0.15, -0.1) is 11.3 Å². The van der Waals surface area contributed by atoms with Gasteiger partial charge in [-0.25, -0.2) is 0 Å². The highest BCUT2D eigenvalue weighted by Crippen LogP contribution is 2.13. The standard InChI is InChI=1S/C18H20ClN3O2S/c19-15-5-3-14(4-6-15)18(24)22-11-9-21(10-12-22)8-7-20-17(23)16-2-1-13-25-16/h1-6,13H,7-12H2,(H,20,23). The number of carbonyl (C=O) groups is 2. The molecule has 0 atom stereocenters. The smallest absolute Gasteiger partial charge is 0.261 e. The number of nitrogens with zero attached hydrogens (tertiary/aromatic N) is 2. The topological polar surface area (TPSA) is 52.7 Å². The maximum absolute atomic E-state index is 12.5. The van der Waals surface area contributed by atoms with Crippen LogP contribution in [0.15, 0.2) is 41.8 Å². The lowest BCUT2D eigenvalue weighted by Crippen LogP contribution is -2.50. The number of hydrogen-bond acceptors (Lipinski definition) is 4. The molecule has 1 saturated heterocycles. The molecule has 0 unspecified atom stereocenters. The molecule has 2 aromatic rings. The van der Waals surface area contributed by atoms with Gasteiger partial charge in [0.05, 0.1) is 4.88 Å². The summed E-state index contributed by atoms with van der Waals surface area (Å²) in [6, 6.07) is 10.7. The van der Waals surface area contributed by atoms with Crippen molar-refractivity contribution in [3.63, 3.8) is 0 Å². The maximum atomic E-state index is 12.5. The second-order valence-corrected chi connectivity index (χ2v) is 7.26. The Kier molecular flexibility index (Phi) is 6.07. The summed E-state index contributed by atoms with van der Waals surface area (Å²) >= 11 is 7.30. The zero-order valence-corrected chi connectivity index (χ0v) is 15.4. The quantitative estimate of drug-likeness (QED) is 0.871. The molecule has 1 aliphatic rings. The molecule has 1 aliphatic heterocycles. The van der Waals surface area contributed by atoms with Gasteiger partial charge >= 0.3 is 0 Å². The average molecular weight is 378 g/mol. The molecule has 0 radical (unpaired) electrons. The van der Waals surface area contributed by atoms with Gasteiger partial charge in [-0.05, 0) is 35.7 Å². The molecule has 0 saturated carbocycles. The Hall–Kier alpha value is -1.89. The van der Waals surface area contributed by atoms with E-state index < -0.39 is 0 Å². The fourth-order valence-corrected chi connectivity index (χ4v) is 3.54. The van der Waals surface area contributed by atoms with E-state index in [1.165, 1.54) is 11.3 Å². The van der Waals surface area contributed by atoms with Gasteiger partial charge in [0.15, 0.2) is 0 Å². The monoisotopic (exact) mass is 377 g/mol. The number of carbonyl (C=O) groups excluding carboxylic acids is 2. The first-order valence-electron chi connectivity index (χ1n) is 8.22. The second kappa shape index (κ2) is 8.47. The Balaban J connectivity index is 1.40. The van der Waals surface area contributed by atoms with Crippen molar-refractivity contribution in [1.82, 2.24) is 15.1 Å². The molecule has 2 heterocycles. The van der Waals surface area contributed by atoms with Gasteiger partial charge in [0, 0.05) is 49.9 Å². The predicted molar refractivity (Wildman–Crippen MR) is 100 cm³/mol. The first kappa shape index (κ1) is 17.9. The van der Waals surface area contributed by atoms with Crippen molar-refractivity contribution in [2.24, 2.45) is 0 Å². The third kappa shape index (κ3) is 4.81. The Morgan fingerprint density at radius 1 is 1.08 bits per heavy atom. The summed E-state index contributed by atoms with van der Waals surface area (Å²) in [4.78, 5) is 29.2. The van der Waals surface area contributed by atoms with E-state index in [1.807, 2.05) is 22.4 Å². The van der Waals surface area contributed by atoms with Crippen LogP contribution in [0.5, 0.6) is 0 Å². The summed E-state index contributed by atoms with van der Waals surface area (Å²) in [5.41, 5.74) is 0.668. The average Bonchev–Trinajstić information content (AvgIpc) is 3.17. The molecule has 1 N–H and O–H groups in total. The highest BCUT2D eigenvalue weighted by Gasteiger charge is 2.22. The van der Waals surface area contributed by atoms with Crippen molar-refractivity contribution >= 4 is 34.8 Å². The van der Waals surface area contributed by atoms with Crippen LogP contribution in [0, 0.1) is 0 Å². The molecular weight excluding hydrogens is 358 g/mol. The van der Waals surface area contributed by atoms with E-state index in [0.29, 0.717) is 30.2 Å². The third-order valence-electron chi connectivity index (χ3n) is 4.21. The molecule has 7 heteroatoms. The molecule has 25 heavy (non-hydrogen) atoms. The third-order valence-corrected chi connectivity index (χ3v) is 5.33. The summed E-state index contributed by atoms with van der Waals surface area (Å²) in [6.45, 7) is 4.42. The maximum Gasteiger partial charge on any atom is 0.261 e. The fourth-order valence-electron chi connectivity index (χ4n) is 2.77. The largest absolute Gasteiger partial charge is 0.350 e. The summed E-state index contributed by atoms with van der Waals surface area (Å²) in [7, 11) is 0. The van der Waals surface area contributed by atoms with Crippen molar-refractivity contribution in [3.8, 4) is 0 Å². The van der Waals surface area contributed by atoms with Gasteiger partial charge < -0.3 is 10.2 Å². The zero-order valence-electron chi connectivity index (χ0n) is 13.8. The number of hydrogen-bond donors (Lipinski definition) is 1. The number of halogens is 1. The van der Waals surface area contributed by atoms with E-state index in [9.17, 15) is 9.59 Å². The summed E-state index contributed by atoms with van der Waals surface area (Å²) in [6.07, 6.45) is 0. The van der Waals surface area contributed by atoms with E-state index in [2.05, 4.69) is 10.2 Å². The highest BCUT2D eigenvalue weighted by molar-refractivity contribution is 7.12. The van der Waals surface area contributed by atoms with Crippen LogP contribution in [0.4, 0.5) is 0 Å². The number of piperazine rings is 1. The zero-order chi connectivity index (χ0) is 17.6. The number of rotatable bonds is 5. The minimum Gasteiger partial charge on any atom is -0.350 e. The number of nitrogens with one attached hydrogen (secondary N) is 1. The SMILES string of the molecule is O=C(NCCN1CCN(C(=O)c2ccc(Cl)cc2)CC1)c1cccs1. The molecule has 0 bridgehead atoms. The Morgan fingerprint density at radius 3 is 2.44 bits per heavy atom. The fraction of sp³-hybridized carbons (Fsp3) is 0.333. The van der Waals surface area contributed by atoms with Crippen molar-refractivity contribution < 1.29 is 9.59 Å².